The van der Waals surface area contributed by atoms with Crippen LogP contribution < -0.4 is 5.32 Å². The van der Waals surface area contributed by atoms with Crippen molar-refractivity contribution in [2.24, 2.45) is 0 Å². The van der Waals surface area contributed by atoms with Crippen molar-refractivity contribution in [3.63, 3.8) is 0 Å². The maximum atomic E-state index is 11.9. The monoisotopic (exact) mass is 393 g/mol. The Labute approximate surface area is 160 Å². The molecule has 5 nitrogen and oxygen atoms in total. The Hall–Kier alpha value is -1.44. The molecule has 1 N–H and O–H groups in total. The fourth-order valence-electron chi connectivity index (χ4n) is 3.52. The molecule has 1 aromatic carbocycles. The second kappa shape index (κ2) is 6.94. The second-order valence-electron chi connectivity index (χ2n) is 8.02. The zero-order valence-corrected chi connectivity index (χ0v) is 17.5. The van der Waals surface area contributed by atoms with Gasteiger partial charge in [-0.2, -0.15) is 0 Å². The average Bonchev–Trinajstić information content (AvgIpc) is 3.02. The number of sulfonamides is 1. The number of benzene rings is 1. The van der Waals surface area contributed by atoms with Crippen LogP contribution in [-0.4, -0.2) is 42.6 Å². The number of thiazole rings is 1. The topological polar surface area (TPSA) is 62.3 Å². The van der Waals surface area contributed by atoms with Crippen LogP contribution in [0.4, 0.5) is 5.13 Å². The lowest BCUT2D eigenvalue weighted by Gasteiger charge is -2.40. The molecule has 0 amide bonds. The smallest absolute Gasteiger partial charge is 0.211 e. The summed E-state index contributed by atoms with van der Waals surface area (Å²) in [6.07, 6.45) is 2.77. The van der Waals surface area contributed by atoms with Crippen LogP contribution in [0.1, 0.15) is 44.9 Å². The highest BCUT2D eigenvalue weighted by Crippen LogP contribution is 2.43. The third-order valence-corrected chi connectivity index (χ3v) is 6.91. The lowest BCUT2D eigenvalue weighted by Crippen LogP contribution is -2.45. The molecule has 0 aliphatic carbocycles. The quantitative estimate of drug-likeness (QED) is 0.860. The molecule has 7 heteroatoms. The molecule has 1 fully saturated rings. The molecule has 0 atom stereocenters. The molecule has 0 saturated carbocycles. The van der Waals surface area contributed by atoms with Gasteiger partial charge in [-0.05, 0) is 39.2 Å². The predicted octanol–water partition coefficient (Wildman–Crippen LogP) is 3.70. The molecule has 1 aromatic heterocycles. The minimum Gasteiger partial charge on any atom is -0.357 e. The summed E-state index contributed by atoms with van der Waals surface area (Å²) in [6, 6.07) is 10.4. The Balaban J connectivity index is 1.96. The fraction of sp³-hybridized carbons (Fsp3) is 0.526. The van der Waals surface area contributed by atoms with Crippen molar-refractivity contribution in [3.05, 3.63) is 47.0 Å². The van der Waals surface area contributed by atoms with Gasteiger partial charge in [0.2, 0.25) is 10.0 Å². The van der Waals surface area contributed by atoms with Crippen LogP contribution in [0.25, 0.3) is 0 Å². The van der Waals surface area contributed by atoms with E-state index in [1.54, 1.807) is 15.6 Å². The van der Waals surface area contributed by atoms with E-state index >= 15 is 0 Å². The van der Waals surface area contributed by atoms with Gasteiger partial charge >= 0.3 is 0 Å². The highest BCUT2D eigenvalue weighted by atomic mass is 32.2. The summed E-state index contributed by atoms with van der Waals surface area (Å²) in [5.74, 6) is 0. The number of anilines is 1. The minimum absolute atomic E-state index is 0.0469. The summed E-state index contributed by atoms with van der Waals surface area (Å²) in [5, 5.41) is 6.48. The number of hydrogen-bond donors (Lipinski definition) is 1. The minimum atomic E-state index is -3.16. The molecule has 142 valence electrons. The third kappa shape index (κ3) is 4.10. The Morgan fingerprint density at radius 3 is 2.31 bits per heavy atom. The van der Waals surface area contributed by atoms with Crippen molar-refractivity contribution in [2.75, 3.05) is 24.7 Å². The van der Waals surface area contributed by atoms with Gasteiger partial charge in [-0.25, -0.2) is 17.7 Å². The summed E-state index contributed by atoms with van der Waals surface area (Å²) in [7, 11) is -3.16. The maximum Gasteiger partial charge on any atom is 0.211 e. The van der Waals surface area contributed by atoms with Gasteiger partial charge in [0.05, 0.1) is 11.9 Å². The number of nitrogens with one attached hydrogen (secondary N) is 1. The van der Waals surface area contributed by atoms with Crippen molar-refractivity contribution in [2.45, 2.75) is 44.6 Å². The molecule has 1 aliphatic heterocycles. The van der Waals surface area contributed by atoms with E-state index in [9.17, 15) is 8.42 Å². The van der Waals surface area contributed by atoms with E-state index in [1.807, 2.05) is 18.2 Å². The SMILES string of the molecule is CC(C)(C)Nc1nc(C2(c3ccccc3)CCN(S(C)(=O)=O)CC2)cs1. The normalized spacial score (nSPS) is 18.6. The lowest BCUT2D eigenvalue weighted by atomic mass is 9.71. The highest BCUT2D eigenvalue weighted by molar-refractivity contribution is 7.88. The molecule has 2 heterocycles. The highest BCUT2D eigenvalue weighted by Gasteiger charge is 2.41. The van der Waals surface area contributed by atoms with Crippen LogP contribution in [-0.2, 0) is 15.4 Å². The Bertz CT molecular complexity index is 846. The number of nitrogens with zero attached hydrogens (tertiary/aromatic N) is 2. The van der Waals surface area contributed by atoms with E-state index in [4.69, 9.17) is 4.98 Å². The van der Waals surface area contributed by atoms with Gasteiger partial charge in [0.1, 0.15) is 0 Å². The zero-order valence-electron chi connectivity index (χ0n) is 15.8. The standard InChI is InChI=1S/C19H27N3O2S2/c1-18(2,3)21-17-20-16(14-25-17)19(15-8-6-5-7-9-15)10-12-22(13-11-19)26(4,23)24/h5-9,14H,10-13H2,1-4H3,(H,20,21). The lowest BCUT2D eigenvalue weighted by molar-refractivity contribution is 0.263. The molecule has 2 aromatic rings. The van der Waals surface area contributed by atoms with Gasteiger partial charge in [-0.3, -0.25) is 0 Å². The van der Waals surface area contributed by atoms with Gasteiger partial charge < -0.3 is 5.32 Å². The first-order valence-electron chi connectivity index (χ1n) is 8.85. The zero-order chi connectivity index (χ0) is 19.0. The summed E-state index contributed by atoms with van der Waals surface area (Å²) >= 11 is 1.62. The number of piperidine rings is 1. The van der Waals surface area contributed by atoms with Crippen molar-refractivity contribution in [3.8, 4) is 0 Å². The van der Waals surface area contributed by atoms with Crippen molar-refractivity contribution >= 4 is 26.5 Å². The largest absolute Gasteiger partial charge is 0.357 e. The molecule has 0 bridgehead atoms. The third-order valence-electron chi connectivity index (χ3n) is 4.85. The molecular formula is C19H27N3O2S2. The van der Waals surface area contributed by atoms with Gasteiger partial charge in [-0.1, -0.05) is 30.3 Å². The van der Waals surface area contributed by atoms with Crippen LogP contribution in [0, 0.1) is 0 Å². The first kappa shape index (κ1) is 19.3. The van der Waals surface area contributed by atoms with Crippen LogP contribution in [0.5, 0.6) is 0 Å². The van der Waals surface area contributed by atoms with Crippen LogP contribution in [0.3, 0.4) is 0 Å². The Morgan fingerprint density at radius 1 is 1.15 bits per heavy atom. The van der Waals surface area contributed by atoms with E-state index < -0.39 is 10.0 Å². The second-order valence-corrected chi connectivity index (χ2v) is 10.9. The molecule has 26 heavy (non-hydrogen) atoms. The summed E-state index contributed by atoms with van der Waals surface area (Å²) in [6.45, 7) is 7.39. The van der Waals surface area contributed by atoms with Gasteiger partial charge in [-0.15, -0.1) is 11.3 Å². The van der Waals surface area contributed by atoms with Crippen LogP contribution >= 0.6 is 11.3 Å². The van der Waals surface area contributed by atoms with E-state index in [0.29, 0.717) is 13.1 Å². The average molecular weight is 394 g/mol. The van der Waals surface area contributed by atoms with Crippen molar-refractivity contribution < 1.29 is 8.42 Å². The van der Waals surface area contributed by atoms with Crippen LogP contribution in [0.15, 0.2) is 35.7 Å². The van der Waals surface area contributed by atoms with E-state index in [2.05, 4.69) is 43.6 Å². The summed E-state index contributed by atoms with van der Waals surface area (Å²) < 4.78 is 25.4. The Kier molecular flexibility index (Phi) is 5.16. The maximum absolute atomic E-state index is 11.9. The predicted molar refractivity (Wildman–Crippen MR) is 108 cm³/mol. The Morgan fingerprint density at radius 2 is 1.77 bits per heavy atom. The molecule has 3 rings (SSSR count). The van der Waals surface area contributed by atoms with E-state index in [-0.39, 0.29) is 11.0 Å². The molecule has 1 saturated heterocycles. The molecule has 1 aliphatic rings. The molecular weight excluding hydrogens is 366 g/mol. The van der Waals surface area contributed by atoms with Crippen molar-refractivity contribution in [1.82, 2.24) is 9.29 Å². The summed E-state index contributed by atoms with van der Waals surface area (Å²) in [5.41, 5.74) is 1.96. The molecule has 0 spiro atoms. The first-order valence-corrected chi connectivity index (χ1v) is 11.6. The first-order chi connectivity index (χ1) is 12.1. The van der Waals surface area contributed by atoms with Gasteiger partial charge in [0.25, 0.3) is 0 Å². The fourth-order valence-corrected chi connectivity index (χ4v) is 5.38. The molecule has 0 radical (unpaired) electrons. The van der Waals surface area contributed by atoms with E-state index in [0.717, 1.165) is 23.7 Å². The van der Waals surface area contributed by atoms with Crippen molar-refractivity contribution in [1.29, 1.82) is 0 Å². The van der Waals surface area contributed by atoms with Gasteiger partial charge in [0, 0.05) is 29.4 Å². The number of aromatic nitrogens is 1. The van der Waals surface area contributed by atoms with Gasteiger partial charge in [0.15, 0.2) is 5.13 Å². The number of hydrogen-bond acceptors (Lipinski definition) is 5. The summed E-state index contributed by atoms with van der Waals surface area (Å²) in [4.78, 5) is 4.89. The molecule has 0 unspecified atom stereocenters. The number of rotatable bonds is 4. The van der Waals surface area contributed by atoms with Crippen LogP contribution in [0.2, 0.25) is 0 Å². The van der Waals surface area contributed by atoms with E-state index in [1.165, 1.54) is 11.8 Å².